The Labute approximate surface area is 152 Å². The van der Waals surface area contributed by atoms with E-state index in [1.807, 2.05) is 0 Å². The van der Waals surface area contributed by atoms with E-state index in [2.05, 4.69) is 10.0 Å². The van der Waals surface area contributed by atoms with Crippen molar-refractivity contribution in [3.05, 3.63) is 22.2 Å². The lowest BCUT2D eigenvalue weighted by molar-refractivity contribution is -0.384. The quantitative estimate of drug-likeness (QED) is 0.548. The molecule has 0 bridgehead atoms. The molecule has 0 aromatic heterocycles. The summed E-state index contributed by atoms with van der Waals surface area (Å²) in [6, 6.07) is 2.39. The van der Waals surface area contributed by atoms with Gasteiger partial charge in [-0.05, 0) is 31.7 Å². The molecule has 1 fully saturated rings. The summed E-state index contributed by atoms with van der Waals surface area (Å²) < 4.78 is 31.5. The van der Waals surface area contributed by atoms with Crippen molar-refractivity contribution in [1.29, 1.82) is 0 Å². The number of hydrogen-bond acceptors (Lipinski definition) is 6. The van der Waals surface area contributed by atoms with Crippen LogP contribution in [0.15, 0.2) is 12.1 Å². The van der Waals surface area contributed by atoms with Gasteiger partial charge in [0.15, 0.2) is 5.75 Å². The molecule has 144 valence electrons. The number of hydrogen-bond donors (Lipinski definition) is 2. The summed E-state index contributed by atoms with van der Waals surface area (Å²) in [5.74, 6) is -0.331. The third kappa shape index (κ3) is 5.58. The van der Waals surface area contributed by atoms with Gasteiger partial charge in [-0.1, -0.05) is 13.3 Å². The van der Waals surface area contributed by atoms with E-state index in [1.54, 1.807) is 6.92 Å². The van der Waals surface area contributed by atoms with Crippen molar-refractivity contribution in [1.82, 2.24) is 0 Å². The Morgan fingerprint density at radius 2 is 1.92 bits per heavy atom. The maximum absolute atomic E-state index is 11.7. The number of benzene rings is 1. The number of ether oxygens (including phenoxy) is 1. The van der Waals surface area contributed by atoms with Gasteiger partial charge in [-0.2, -0.15) is 0 Å². The van der Waals surface area contributed by atoms with Crippen LogP contribution in [0.5, 0.6) is 5.75 Å². The van der Waals surface area contributed by atoms with Crippen molar-refractivity contribution in [3.8, 4) is 5.75 Å². The average Bonchev–Trinajstić information content (AvgIpc) is 2.56. The molecule has 1 aliphatic carbocycles. The molecule has 1 aromatic carbocycles. The van der Waals surface area contributed by atoms with E-state index in [-0.39, 0.29) is 35.3 Å². The van der Waals surface area contributed by atoms with Crippen molar-refractivity contribution < 1.29 is 22.9 Å². The first kappa shape index (κ1) is 20.0. The first-order chi connectivity index (χ1) is 12.2. The summed E-state index contributed by atoms with van der Waals surface area (Å²) >= 11 is 0. The molecule has 26 heavy (non-hydrogen) atoms. The van der Waals surface area contributed by atoms with Gasteiger partial charge in [-0.15, -0.1) is 0 Å². The number of amides is 1. The Kier molecular flexibility index (Phi) is 6.41. The van der Waals surface area contributed by atoms with E-state index in [0.717, 1.165) is 44.4 Å². The second-order valence-corrected chi connectivity index (χ2v) is 8.02. The van der Waals surface area contributed by atoms with Crippen LogP contribution in [-0.2, 0) is 14.8 Å². The average molecular weight is 385 g/mol. The van der Waals surface area contributed by atoms with Crippen molar-refractivity contribution in [2.24, 2.45) is 0 Å². The van der Waals surface area contributed by atoms with E-state index >= 15 is 0 Å². The molecule has 0 atom stereocenters. The topological polar surface area (TPSA) is 128 Å². The molecular weight excluding hydrogens is 362 g/mol. The third-order valence-electron chi connectivity index (χ3n) is 4.03. The molecule has 0 spiro atoms. The van der Waals surface area contributed by atoms with Gasteiger partial charge in [0, 0.05) is 6.42 Å². The number of rotatable bonds is 7. The lowest BCUT2D eigenvalue weighted by Gasteiger charge is -2.24. The zero-order valence-corrected chi connectivity index (χ0v) is 15.6. The van der Waals surface area contributed by atoms with Crippen LogP contribution in [0.25, 0.3) is 0 Å². The van der Waals surface area contributed by atoms with Crippen LogP contribution in [0.2, 0.25) is 0 Å². The third-order valence-corrected chi connectivity index (χ3v) is 4.62. The van der Waals surface area contributed by atoms with Gasteiger partial charge < -0.3 is 10.1 Å². The Hall–Kier alpha value is -2.36. The standard InChI is InChI=1S/C16H23N3O6S/c1-3-16(20)17-12-9-13(18-26(2,23)24)15(10-14(12)19(21)22)25-11-7-5-4-6-8-11/h9-11,18H,3-8H2,1-2H3,(H,17,20). The summed E-state index contributed by atoms with van der Waals surface area (Å²) in [5.41, 5.74) is -0.365. The molecule has 0 aliphatic heterocycles. The smallest absolute Gasteiger partial charge is 0.296 e. The fourth-order valence-corrected chi connectivity index (χ4v) is 3.36. The van der Waals surface area contributed by atoms with Crippen LogP contribution in [-0.4, -0.2) is 31.6 Å². The number of sulfonamides is 1. The molecule has 0 saturated heterocycles. The highest BCUT2D eigenvalue weighted by Gasteiger charge is 2.24. The number of carbonyl (C=O) groups is 1. The maximum atomic E-state index is 11.7. The zero-order chi connectivity index (χ0) is 19.3. The van der Waals surface area contributed by atoms with Gasteiger partial charge in [0.05, 0.1) is 29.0 Å². The first-order valence-electron chi connectivity index (χ1n) is 8.46. The minimum Gasteiger partial charge on any atom is -0.488 e. The van der Waals surface area contributed by atoms with Crippen LogP contribution in [0, 0.1) is 10.1 Å². The minimum absolute atomic E-state index is 0.0649. The molecule has 1 aliphatic rings. The molecule has 1 aromatic rings. The predicted molar refractivity (Wildman–Crippen MR) is 98.0 cm³/mol. The number of nitrogens with one attached hydrogen (secondary N) is 2. The lowest BCUT2D eigenvalue weighted by Crippen LogP contribution is -2.21. The van der Waals surface area contributed by atoms with Crippen molar-refractivity contribution in [3.63, 3.8) is 0 Å². The highest BCUT2D eigenvalue weighted by Crippen LogP contribution is 2.38. The van der Waals surface area contributed by atoms with Crippen LogP contribution in [0.1, 0.15) is 45.4 Å². The van der Waals surface area contributed by atoms with Gasteiger partial charge in [0.2, 0.25) is 15.9 Å². The molecule has 1 saturated carbocycles. The number of nitrogens with zero attached hydrogens (tertiary/aromatic N) is 1. The van der Waals surface area contributed by atoms with Crippen molar-refractivity contribution in [2.45, 2.75) is 51.6 Å². The Balaban J connectivity index is 2.46. The van der Waals surface area contributed by atoms with E-state index in [9.17, 15) is 23.3 Å². The minimum atomic E-state index is -3.64. The molecule has 9 nitrogen and oxygen atoms in total. The molecule has 2 rings (SSSR count). The van der Waals surface area contributed by atoms with E-state index < -0.39 is 20.9 Å². The second kappa shape index (κ2) is 8.35. The first-order valence-corrected chi connectivity index (χ1v) is 10.4. The number of nitro benzene ring substituents is 1. The lowest BCUT2D eigenvalue weighted by atomic mass is 9.98. The van der Waals surface area contributed by atoms with Crippen LogP contribution < -0.4 is 14.8 Å². The molecule has 0 heterocycles. The molecular formula is C16H23N3O6S. The van der Waals surface area contributed by atoms with Crippen molar-refractivity contribution in [2.75, 3.05) is 16.3 Å². The van der Waals surface area contributed by atoms with E-state index in [4.69, 9.17) is 4.74 Å². The van der Waals surface area contributed by atoms with Gasteiger partial charge in [-0.25, -0.2) is 8.42 Å². The zero-order valence-electron chi connectivity index (χ0n) is 14.8. The van der Waals surface area contributed by atoms with Crippen LogP contribution in [0.4, 0.5) is 17.1 Å². The Morgan fingerprint density at radius 1 is 1.27 bits per heavy atom. The highest BCUT2D eigenvalue weighted by atomic mass is 32.2. The molecule has 2 N–H and O–H groups in total. The van der Waals surface area contributed by atoms with Gasteiger partial charge in [0.1, 0.15) is 5.69 Å². The van der Waals surface area contributed by atoms with Crippen molar-refractivity contribution >= 4 is 33.0 Å². The number of anilines is 2. The highest BCUT2D eigenvalue weighted by molar-refractivity contribution is 7.92. The van der Waals surface area contributed by atoms with Gasteiger partial charge in [0.25, 0.3) is 5.69 Å². The van der Waals surface area contributed by atoms with Gasteiger partial charge >= 0.3 is 0 Å². The van der Waals surface area contributed by atoms with E-state index in [1.165, 1.54) is 6.07 Å². The summed E-state index contributed by atoms with van der Waals surface area (Å²) in [5, 5.41) is 13.8. The van der Waals surface area contributed by atoms with Crippen LogP contribution in [0.3, 0.4) is 0 Å². The Morgan fingerprint density at radius 3 is 2.46 bits per heavy atom. The largest absolute Gasteiger partial charge is 0.488 e. The molecule has 1 amide bonds. The summed E-state index contributed by atoms with van der Waals surface area (Å²) in [4.78, 5) is 22.4. The predicted octanol–water partition coefficient (Wildman–Crippen LogP) is 3.03. The fourth-order valence-electron chi connectivity index (χ4n) is 2.80. The second-order valence-electron chi connectivity index (χ2n) is 6.28. The normalized spacial score (nSPS) is 15.3. The summed E-state index contributed by atoms with van der Waals surface area (Å²) in [6.45, 7) is 1.61. The number of carbonyl (C=O) groups excluding carboxylic acids is 1. The fraction of sp³-hybridized carbons (Fsp3) is 0.562. The van der Waals surface area contributed by atoms with E-state index in [0.29, 0.717) is 0 Å². The monoisotopic (exact) mass is 385 g/mol. The molecule has 10 heteroatoms. The van der Waals surface area contributed by atoms with Crippen LogP contribution >= 0.6 is 0 Å². The summed E-state index contributed by atoms with van der Waals surface area (Å²) in [7, 11) is -3.64. The molecule has 0 radical (unpaired) electrons. The number of nitro groups is 1. The summed E-state index contributed by atoms with van der Waals surface area (Å²) in [6.07, 6.45) is 5.69. The van der Waals surface area contributed by atoms with Gasteiger partial charge in [-0.3, -0.25) is 19.6 Å². The Bertz CT molecular complexity index is 787. The maximum Gasteiger partial charge on any atom is 0.296 e. The SMILES string of the molecule is CCC(=O)Nc1cc(NS(C)(=O)=O)c(OC2CCCCC2)cc1[N+](=O)[O-]. The molecule has 0 unspecified atom stereocenters.